The lowest BCUT2D eigenvalue weighted by Gasteiger charge is -2.10. The molecule has 1 N–H and O–H groups in total. The van der Waals surface area contributed by atoms with Crippen LogP contribution < -0.4 is 0 Å². The van der Waals surface area contributed by atoms with Crippen molar-refractivity contribution in [1.29, 1.82) is 0 Å². The fraction of sp³-hybridized carbons (Fsp3) is 1.00. The van der Waals surface area contributed by atoms with Gasteiger partial charge in [-0.25, -0.2) is 0 Å². The van der Waals surface area contributed by atoms with Crippen molar-refractivity contribution >= 4 is 0 Å². The van der Waals surface area contributed by atoms with E-state index in [1.54, 1.807) is 0 Å². The van der Waals surface area contributed by atoms with Crippen molar-refractivity contribution in [2.45, 2.75) is 124 Å². The summed E-state index contributed by atoms with van der Waals surface area (Å²) >= 11 is 0. The van der Waals surface area contributed by atoms with Crippen LogP contribution in [0.2, 0.25) is 0 Å². The van der Waals surface area contributed by atoms with E-state index < -0.39 is 0 Å². The first-order valence-corrected chi connectivity index (χ1v) is 10.4. The van der Waals surface area contributed by atoms with E-state index in [2.05, 4.69) is 27.7 Å². The van der Waals surface area contributed by atoms with Crippen LogP contribution in [-0.2, 0) is 0 Å². The van der Waals surface area contributed by atoms with Crippen molar-refractivity contribution in [2.24, 2.45) is 5.92 Å². The lowest BCUT2D eigenvalue weighted by atomic mass is 9.98. The third kappa shape index (κ3) is 22.2. The first-order valence-electron chi connectivity index (χ1n) is 10.4. The van der Waals surface area contributed by atoms with Crippen molar-refractivity contribution in [2.75, 3.05) is 6.61 Å². The maximum absolute atomic E-state index is 9.10. The fourth-order valence-electron chi connectivity index (χ4n) is 2.70. The summed E-state index contributed by atoms with van der Waals surface area (Å²) in [4.78, 5) is 0. The van der Waals surface area contributed by atoms with E-state index in [0.717, 1.165) is 6.42 Å². The number of aliphatic hydroxyl groups is 1. The predicted molar refractivity (Wildman–Crippen MR) is 103 cm³/mol. The van der Waals surface area contributed by atoms with Gasteiger partial charge in [-0.05, 0) is 12.3 Å². The topological polar surface area (TPSA) is 20.2 Å². The Kier molecular flexibility index (Phi) is 25.6. The van der Waals surface area contributed by atoms with Crippen LogP contribution in [0.1, 0.15) is 124 Å². The maximum atomic E-state index is 9.10. The number of aliphatic hydroxyl groups excluding tert-OH is 1. The Labute approximate surface area is 142 Å². The lowest BCUT2D eigenvalue weighted by Crippen LogP contribution is -2.03. The number of hydrogen-bond donors (Lipinski definition) is 1. The van der Waals surface area contributed by atoms with Crippen LogP contribution in [0.3, 0.4) is 0 Å². The summed E-state index contributed by atoms with van der Waals surface area (Å²) in [6.07, 6.45) is 20.6. The maximum Gasteiger partial charge on any atom is 0.0459 e. The standard InChI is InChI=1S/C18H38O.C3H8/c1-3-5-6-7-8-9-10-11-12-13-14-15-16-18(4-2)17-19;1-3-2/h18-19H,3-17H2,1-2H3;3H2,1-2H3. The lowest BCUT2D eigenvalue weighted by molar-refractivity contribution is 0.211. The minimum absolute atomic E-state index is 0.383. The Hall–Kier alpha value is -0.0400. The molecule has 1 heteroatoms. The van der Waals surface area contributed by atoms with Gasteiger partial charge >= 0.3 is 0 Å². The molecular weight excluding hydrogens is 268 g/mol. The molecule has 0 aromatic carbocycles. The van der Waals surface area contributed by atoms with Gasteiger partial charge in [0, 0.05) is 6.61 Å². The van der Waals surface area contributed by atoms with E-state index in [1.165, 1.54) is 89.9 Å². The van der Waals surface area contributed by atoms with Gasteiger partial charge in [0.15, 0.2) is 0 Å². The Balaban J connectivity index is 0. The second-order valence-electron chi connectivity index (χ2n) is 6.84. The number of unbranched alkanes of at least 4 members (excludes halogenated alkanes) is 11. The van der Waals surface area contributed by atoms with Crippen LogP contribution in [0.25, 0.3) is 0 Å². The average molecular weight is 315 g/mol. The number of rotatable bonds is 15. The van der Waals surface area contributed by atoms with E-state index in [9.17, 15) is 0 Å². The highest BCUT2D eigenvalue weighted by molar-refractivity contribution is 4.55. The zero-order valence-corrected chi connectivity index (χ0v) is 16.3. The van der Waals surface area contributed by atoms with Gasteiger partial charge in [-0.15, -0.1) is 0 Å². The highest BCUT2D eigenvalue weighted by Gasteiger charge is 2.03. The Morgan fingerprint density at radius 1 is 0.591 bits per heavy atom. The molecule has 136 valence electrons. The van der Waals surface area contributed by atoms with Gasteiger partial charge in [-0.3, -0.25) is 0 Å². The second-order valence-corrected chi connectivity index (χ2v) is 6.84. The molecule has 0 radical (unpaired) electrons. The van der Waals surface area contributed by atoms with Gasteiger partial charge < -0.3 is 5.11 Å². The molecule has 0 aromatic rings. The molecule has 0 spiro atoms. The molecule has 0 bridgehead atoms. The van der Waals surface area contributed by atoms with Crippen LogP contribution in [0.4, 0.5) is 0 Å². The highest BCUT2D eigenvalue weighted by Crippen LogP contribution is 2.15. The SMILES string of the molecule is CCC.CCCCCCCCCCCCCCC(CC)CO. The molecule has 22 heavy (non-hydrogen) atoms. The molecule has 1 unspecified atom stereocenters. The van der Waals surface area contributed by atoms with Crippen molar-refractivity contribution in [1.82, 2.24) is 0 Å². The molecule has 0 saturated carbocycles. The molecule has 0 saturated heterocycles. The summed E-state index contributed by atoms with van der Waals surface area (Å²) in [6.45, 7) is 9.10. The van der Waals surface area contributed by atoms with E-state index in [1.807, 2.05) is 0 Å². The molecule has 0 heterocycles. The zero-order valence-electron chi connectivity index (χ0n) is 16.3. The molecule has 0 aliphatic rings. The zero-order chi connectivity index (χ0) is 16.9. The van der Waals surface area contributed by atoms with Crippen molar-refractivity contribution in [3.8, 4) is 0 Å². The minimum atomic E-state index is 0.383. The third-order valence-corrected chi connectivity index (χ3v) is 4.30. The van der Waals surface area contributed by atoms with Crippen molar-refractivity contribution in [3.63, 3.8) is 0 Å². The fourth-order valence-corrected chi connectivity index (χ4v) is 2.70. The van der Waals surface area contributed by atoms with Crippen LogP contribution in [-0.4, -0.2) is 11.7 Å². The van der Waals surface area contributed by atoms with Crippen LogP contribution in [0.5, 0.6) is 0 Å². The van der Waals surface area contributed by atoms with E-state index in [4.69, 9.17) is 5.11 Å². The molecule has 1 nitrogen and oxygen atoms in total. The first kappa shape index (κ1) is 24.2. The van der Waals surface area contributed by atoms with Crippen LogP contribution in [0, 0.1) is 5.92 Å². The normalized spacial score (nSPS) is 11.9. The van der Waals surface area contributed by atoms with E-state index >= 15 is 0 Å². The Morgan fingerprint density at radius 2 is 0.955 bits per heavy atom. The first-order chi connectivity index (χ1) is 10.8. The molecular formula is C21H46O. The Morgan fingerprint density at radius 3 is 1.27 bits per heavy atom. The summed E-state index contributed by atoms with van der Waals surface area (Å²) in [6, 6.07) is 0. The molecule has 0 rings (SSSR count). The minimum Gasteiger partial charge on any atom is -0.396 e. The van der Waals surface area contributed by atoms with Gasteiger partial charge in [0.05, 0.1) is 0 Å². The summed E-state index contributed by atoms with van der Waals surface area (Å²) in [5, 5.41) is 9.10. The van der Waals surface area contributed by atoms with Crippen molar-refractivity contribution < 1.29 is 5.11 Å². The Bertz CT molecular complexity index is 163. The molecule has 1 atom stereocenters. The third-order valence-electron chi connectivity index (χ3n) is 4.30. The predicted octanol–water partition coefficient (Wildman–Crippen LogP) is 7.51. The molecule has 0 aromatic heterocycles. The van der Waals surface area contributed by atoms with Crippen molar-refractivity contribution in [3.05, 3.63) is 0 Å². The van der Waals surface area contributed by atoms with Crippen LogP contribution in [0.15, 0.2) is 0 Å². The van der Waals surface area contributed by atoms with Crippen LogP contribution >= 0.6 is 0 Å². The second kappa shape index (κ2) is 23.2. The highest BCUT2D eigenvalue weighted by atomic mass is 16.3. The number of hydrogen-bond acceptors (Lipinski definition) is 1. The van der Waals surface area contributed by atoms with Gasteiger partial charge in [-0.1, -0.05) is 118 Å². The van der Waals surface area contributed by atoms with Gasteiger partial charge in [0.2, 0.25) is 0 Å². The smallest absolute Gasteiger partial charge is 0.0459 e. The molecule has 0 aliphatic carbocycles. The summed E-state index contributed by atoms with van der Waals surface area (Å²) < 4.78 is 0. The summed E-state index contributed by atoms with van der Waals surface area (Å²) in [5.41, 5.74) is 0. The van der Waals surface area contributed by atoms with Gasteiger partial charge in [0.25, 0.3) is 0 Å². The largest absolute Gasteiger partial charge is 0.396 e. The van der Waals surface area contributed by atoms with E-state index in [-0.39, 0.29) is 0 Å². The monoisotopic (exact) mass is 314 g/mol. The van der Waals surface area contributed by atoms with Gasteiger partial charge in [0.1, 0.15) is 0 Å². The summed E-state index contributed by atoms with van der Waals surface area (Å²) in [5.74, 6) is 0.558. The quantitative estimate of drug-likeness (QED) is 0.310. The average Bonchev–Trinajstić information content (AvgIpc) is 2.53. The molecule has 0 fully saturated rings. The van der Waals surface area contributed by atoms with E-state index in [0.29, 0.717) is 12.5 Å². The molecule has 0 amide bonds. The molecule has 0 aliphatic heterocycles. The van der Waals surface area contributed by atoms with Gasteiger partial charge in [-0.2, -0.15) is 0 Å². The summed E-state index contributed by atoms with van der Waals surface area (Å²) in [7, 11) is 0.